The molecule has 1 N–H and O–H groups in total. The maximum absolute atomic E-state index is 11.1. The first-order valence-corrected chi connectivity index (χ1v) is 9.48. The van der Waals surface area contributed by atoms with Crippen molar-refractivity contribution < 1.29 is 9.90 Å². The van der Waals surface area contributed by atoms with Crippen LogP contribution in [-0.2, 0) is 11.2 Å². The number of aliphatic carboxylic acids is 1. The van der Waals surface area contributed by atoms with Crippen molar-refractivity contribution in [3.8, 4) is 6.07 Å². The van der Waals surface area contributed by atoms with E-state index < -0.39 is 11.9 Å². The standard InChI is InChI=1S/C22H20N2O2S/c1-3-6-19-15(2)27-21-8-5-4-7-20(21)24(19)18-11-9-16(10-12-18)13-17(14-23)22(25)26/h3-12,17H,13H2,1-2H3,(H,25,26)/b6-3-. The zero-order chi connectivity index (χ0) is 19.4. The average Bonchev–Trinajstić information content (AvgIpc) is 2.67. The smallest absolute Gasteiger partial charge is 0.321 e. The van der Waals surface area contributed by atoms with Crippen LogP contribution in [0.2, 0.25) is 0 Å². The molecule has 0 aromatic heterocycles. The van der Waals surface area contributed by atoms with Crippen molar-refractivity contribution in [1.82, 2.24) is 0 Å². The molecule has 1 aliphatic rings. The Bertz CT molecular complexity index is 955. The van der Waals surface area contributed by atoms with Gasteiger partial charge in [-0.3, -0.25) is 4.79 Å². The van der Waals surface area contributed by atoms with E-state index in [1.54, 1.807) is 11.8 Å². The van der Waals surface area contributed by atoms with Gasteiger partial charge in [0.2, 0.25) is 0 Å². The zero-order valence-electron chi connectivity index (χ0n) is 15.2. The lowest BCUT2D eigenvalue weighted by Gasteiger charge is -2.33. The van der Waals surface area contributed by atoms with Gasteiger partial charge in [-0.15, -0.1) is 0 Å². The number of nitrogens with zero attached hydrogens (tertiary/aromatic N) is 2. The number of rotatable bonds is 5. The largest absolute Gasteiger partial charge is 0.480 e. The summed E-state index contributed by atoms with van der Waals surface area (Å²) in [5, 5.41) is 18.1. The topological polar surface area (TPSA) is 64.3 Å². The van der Waals surface area contributed by atoms with E-state index in [1.165, 1.54) is 9.80 Å². The third kappa shape index (κ3) is 3.91. The normalized spacial score (nSPS) is 14.8. The molecule has 0 fully saturated rings. The van der Waals surface area contributed by atoms with Crippen molar-refractivity contribution in [2.45, 2.75) is 25.2 Å². The molecule has 4 nitrogen and oxygen atoms in total. The van der Waals surface area contributed by atoms with Crippen molar-refractivity contribution in [2.75, 3.05) is 4.90 Å². The van der Waals surface area contributed by atoms with Gasteiger partial charge in [-0.2, -0.15) is 5.26 Å². The van der Waals surface area contributed by atoms with Crippen molar-refractivity contribution in [2.24, 2.45) is 5.92 Å². The quantitative estimate of drug-likeness (QED) is 0.746. The summed E-state index contributed by atoms with van der Waals surface area (Å²) >= 11 is 1.76. The first-order valence-electron chi connectivity index (χ1n) is 8.67. The van der Waals surface area contributed by atoms with Crippen LogP contribution in [0.3, 0.4) is 0 Å². The Hall–Kier alpha value is -2.97. The molecule has 1 atom stereocenters. The lowest BCUT2D eigenvalue weighted by Crippen LogP contribution is -2.19. The van der Waals surface area contributed by atoms with E-state index >= 15 is 0 Å². The summed E-state index contributed by atoms with van der Waals surface area (Å²) in [7, 11) is 0. The Kier molecular flexibility index (Phi) is 5.68. The van der Waals surface area contributed by atoms with E-state index in [9.17, 15) is 4.79 Å². The first kappa shape index (κ1) is 18.8. The Morgan fingerprint density at radius 3 is 2.59 bits per heavy atom. The molecule has 3 rings (SSSR count). The molecule has 1 heterocycles. The number of para-hydroxylation sites is 1. The third-order valence-corrected chi connectivity index (χ3v) is 5.46. The number of hydrogen-bond donors (Lipinski definition) is 1. The Labute approximate surface area is 163 Å². The molecular formula is C22H20N2O2S. The number of carboxylic acid groups (broad SMARTS) is 1. The summed E-state index contributed by atoms with van der Waals surface area (Å²) in [5.41, 5.74) is 4.08. The fraction of sp³-hybridized carbons (Fsp3) is 0.182. The molecule has 27 heavy (non-hydrogen) atoms. The summed E-state index contributed by atoms with van der Waals surface area (Å²) in [6.07, 6.45) is 4.33. The molecule has 0 amide bonds. The Morgan fingerprint density at radius 1 is 1.26 bits per heavy atom. The maximum Gasteiger partial charge on any atom is 0.321 e. The van der Waals surface area contributed by atoms with E-state index in [2.05, 4.69) is 30.0 Å². The molecule has 5 heteroatoms. The van der Waals surface area contributed by atoms with Gasteiger partial charge in [-0.25, -0.2) is 0 Å². The summed E-state index contributed by atoms with van der Waals surface area (Å²) in [4.78, 5) is 15.7. The molecule has 2 aromatic rings. The number of fused-ring (bicyclic) bond motifs is 1. The summed E-state index contributed by atoms with van der Waals surface area (Å²) < 4.78 is 0. The number of carboxylic acids is 1. The predicted molar refractivity (Wildman–Crippen MR) is 109 cm³/mol. The summed E-state index contributed by atoms with van der Waals surface area (Å²) in [6, 6.07) is 17.9. The number of benzene rings is 2. The molecule has 136 valence electrons. The molecule has 0 radical (unpaired) electrons. The van der Waals surface area contributed by atoms with E-state index in [1.807, 2.05) is 55.5 Å². The van der Waals surface area contributed by atoms with Crippen molar-refractivity contribution in [1.29, 1.82) is 5.26 Å². The maximum atomic E-state index is 11.1. The third-order valence-electron chi connectivity index (χ3n) is 4.38. The Balaban J connectivity index is 1.99. The molecule has 0 saturated carbocycles. The van der Waals surface area contributed by atoms with Gasteiger partial charge in [0.25, 0.3) is 0 Å². The SMILES string of the molecule is C/C=C\C1=C(C)Sc2ccccc2N1c1ccc(CC(C#N)C(=O)O)cc1. The average molecular weight is 376 g/mol. The highest BCUT2D eigenvalue weighted by molar-refractivity contribution is 8.03. The van der Waals surface area contributed by atoms with Crippen LogP contribution in [0, 0.1) is 17.2 Å². The second-order valence-corrected chi connectivity index (χ2v) is 7.49. The molecular weight excluding hydrogens is 356 g/mol. The van der Waals surface area contributed by atoms with E-state index in [-0.39, 0.29) is 6.42 Å². The minimum atomic E-state index is -1.09. The van der Waals surface area contributed by atoms with Crippen LogP contribution in [-0.4, -0.2) is 11.1 Å². The van der Waals surface area contributed by atoms with Crippen molar-refractivity contribution >= 4 is 29.1 Å². The second-order valence-electron chi connectivity index (χ2n) is 6.24. The van der Waals surface area contributed by atoms with E-state index in [0.29, 0.717) is 0 Å². The summed E-state index contributed by atoms with van der Waals surface area (Å²) in [6.45, 7) is 4.11. The number of thioether (sulfide) groups is 1. The number of anilines is 2. The lowest BCUT2D eigenvalue weighted by atomic mass is 10.0. The highest BCUT2D eigenvalue weighted by Gasteiger charge is 2.24. The fourth-order valence-corrected chi connectivity index (χ4v) is 4.07. The van der Waals surface area contributed by atoms with Crippen LogP contribution in [0.5, 0.6) is 0 Å². The minimum Gasteiger partial charge on any atom is -0.480 e. The van der Waals surface area contributed by atoms with Crippen LogP contribution in [0.4, 0.5) is 11.4 Å². The number of allylic oxidation sites excluding steroid dienone is 3. The van der Waals surface area contributed by atoms with Gasteiger partial charge in [-0.05, 0) is 56.2 Å². The molecule has 0 bridgehead atoms. The first-order chi connectivity index (χ1) is 13.0. The van der Waals surface area contributed by atoms with Gasteiger partial charge >= 0.3 is 5.97 Å². The van der Waals surface area contributed by atoms with Crippen molar-refractivity contribution in [3.63, 3.8) is 0 Å². The zero-order valence-corrected chi connectivity index (χ0v) is 16.0. The van der Waals surface area contributed by atoms with Crippen LogP contribution >= 0.6 is 11.8 Å². The fourth-order valence-electron chi connectivity index (χ4n) is 3.07. The molecule has 0 saturated heterocycles. The van der Waals surface area contributed by atoms with Gasteiger partial charge in [-0.1, -0.05) is 42.1 Å². The van der Waals surface area contributed by atoms with Gasteiger partial charge in [0, 0.05) is 15.5 Å². The number of hydrogen-bond acceptors (Lipinski definition) is 4. The van der Waals surface area contributed by atoms with E-state index in [0.717, 1.165) is 22.6 Å². The van der Waals surface area contributed by atoms with Crippen molar-refractivity contribution in [3.05, 3.63) is 76.8 Å². The second kappa shape index (κ2) is 8.15. The summed E-state index contributed by atoms with van der Waals surface area (Å²) in [5.74, 6) is -2.11. The molecule has 0 aliphatic carbocycles. The molecule has 2 aromatic carbocycles. The van der Waals surface area contributed by atoms with E-state index in [4.69, 9.17) is 10.4 Å². The monoisotopic (exact) mass is 376 g/mol. The van der Waals surface area contributed by atoms with Crippen LogP contribution in [0.1, 0.15) is 19.4 Å². The highest BCUT2D eigenvalue weighted by Crippen LogP contribution is 2.46. The van der Waals surface area contributed by atoms with Gasteiger partial charge < -0.3 is 10.0 Å². The van der Waals surface area contributed by atoms with Crippen LogP contribution in [0.25, 0.3) is 0 Å². The van der Waals surface area contributed by atoms with Gasteiger partial charge in [0.1, 0.15) is 5.92 Å². The molecule has 1 unspecified atom stereocenters. The van der Waals surface area contributed by atoms with Crippen LogP contribution < -0.4 is 4.90 Å². The lowest BCUT2D eigenvalue weighted by molar-refractivity contribution is -0.139. The minimum absolute atomic E-state index is 0.204. The van der Waals surface area contributed by atoms with Gasteiger partial charge in [0.15, 0.2) is 0 Å². The predicted octanol–water partition coefficient (Wildman–Crippen LogP) is 5.50. The number of carbonyl (C=O) groups is 1. The number of nitriles is 1. The Morgan fingerprint density at radius 2 is 1.96 bits per heavy atom. The molecule has 1 aliphatic heterocycles. The highest BCUT2D eigenvalue weighted by atomic mass is 32.2. The van der Waals surface area contributed by atoms with Gasteiger partial charge in [0.05, 0.1) is 17.5 Å². The molecule has 0 spiro atoms. The van der Waals surface area contributed by atoms with Crippen LogP contribution in [0.15, 0.2) is 76.2 Å².